The van der Waals surface area contributed by atoms with Crippen molar-refractivity contribution < 1.29 is 4.79 Å². The molecule has 1 rings (SSSR count). The van der Waals surface area contributed by atoms with E-state index in [0.29, 0.717) is 11.7 Å². The molecule has 0 fully saturated rings. The van der Waals surface area contributed by atoms with Crippen molar-refractivity contribution in [2.75, 3.05) is 0 Å². The number of hydrogen-bond donors (Lipinski definition) is 0. The summed E-state index contributed by atoms with van der Waals surface area (Å²) < 4.78 is 0. The lowest BCUT2D eigenvalue weighted by Crippen LogP contribution is -2.08. The molecule has 0 unspecified atom stereocenters. The summed E-state index contributed by atoms with van der Waals surface area (Å²) in [7, 11) is 0. The lowest BCUT2D eigenvalue weighted by molar-refractivity contribution is -0.119. The predicted octanol–water partition coefficient (Wildman–Crippen LogP) is 4.27. The molecular weight excluding hydrogens is 184 g/mol. The highest BCUT2D eigenvalue weighted by molar-refractivity contribution is 5.81. The summed E-state index contributed by atoms with van der Waals surface area (Å²) in [6.45, 7) is 4.36. The first-order valence-electron chi connectivity index (χ1n) is 6.45. The van der Waals surface area contributed by atoms with Crippen LogP contribution in [0.3, 0.4) is 0 Å². The van der Waals surface area contributed by atoms with Gasteiger partial charge in [-0.1, -0.05) is 38.3 Å². The van der Waals surface area contributed by atoms with Crippen molar-refractivity contribution in [3.05, 3.63) is 11.6 Å². The number of carbonyl (C=O) groups is 1. The van der Waals surface area contributed by atoms with Crippen LogP contribution in [0.4, 0.5) is 0 Å². The van der Waals surface area contributed by atoms with Gasteiger partial charge in [-0.05, 0) is 31.6 Å². The third-order valence-electron chi connectivity index (χ3n) is 3.48. The molecule has 1 heteroatoms. The van der Waals surface area contributed by atoms with Crippen molar-refractivity contribution in [1.82, 2.24) is 0 Å². The first-order chi connectivity index (χ1) is 7.26. The van der Waals surface area contributed by atoms with Crippen LogP contribution >= 0.6 is 0 Å². The molecule has 0 aromatic heterocycles. The van der Waals surface area contributed by atoms with Gasteiger partial charge in [0.05, 0.1) is 0 Å². The van der Waals surface area contributed by atoms with Crippen LogP contribution in [0.5, 0.6) is 0 Å². The van der Waals surface area contributed by atoms with Gasteiger partial charge in [0.1, 0.15) is 5.78 Å². The third kappa shape index (κ3) is 4.63. The fraction of sp³-hybridized carbons (Fsp3) is 0.786. The molecule has 0 aromatic rings. The Kier molecular flexibility index (Phi) is 5.67. The summed E-state index contributed by atoms with van der Waals surface area (Å²) in [6.07, 6.45) is 11.0. The van der Waals surface area contributed by atoms with Gasteiger partial charge in [0.15, 0.2) is 0 Å². The minimum atomic E-state index is 0.455. The zero-order valence-electron chi connectivity index (χ0n) is 10.2. The zero-order valence-corrected chi connectivity index (χ0v) is 10.2. The fourth-order valence-corrected chi connectivity index (χ4v) is 2.29. The molecule has 15 heavy (non-hydrogen) atoms. The van der Waals surface area contributed by atoms with Gasteiger partial charge in [-0.25, -0.2) is 0 Å². The van der Waals surface area contributed by atoms with Crippen molar-refractivity contribution in [3.63, 3.8) is 0 Å². The number of ketones is 1. The van der Waals surface area contributed by atoms with E-state index in [9.17, 15) is 4.79 Å². The van der Waals surface area contributed by atoms with E-state index < -0.39 is 0 Å². The predicted molar refractivity (Wildman–Crippen MR) is 64.9 cm³/mol. The number of rotatable bonds is 6. The van der Waals surface area contributed by atoms with Gasteiger partial charge in [-0.15, -0.1) is 0 Å². The van der Waals surface area contributed by atoms with Gasteiger partial charge < -0.3 is 0 Å². The minimum Gasteiger partial charge on any atom is -0.299 e. The van der Waals surface area contributed by atoms with E-state index in [0.717, 1.165) is 32.1 Å². The van der Waals surface area contributed by atoms with Crippen molar-refractivity contribution >= 4 is 5.78 Å². The van der Waals surface area contributed by atoms with E-state index >= 15 is 0 Å². The van der Waals surface area contributed by atoms with E-state index in [1.807, 2.05) is 0 Å². The van der Waals surface area contributed by atoms with Crippen LogP contribution in [0.2, 0.25) is 0 Å². The fourth-order valence-electron chi connectivity index (χ4n) is 2.29. The van der Waals surface area contributed by atoms with Crippen LogP contribution in [-0.2, 0) is 4.79 Å². The van der Waals surface area contributed by atoms with Gasteiger partial charge in [0.25, 0.3) is 0 Å². The van der Waals surface area contributed by atoms with E-state index in [1.165, 1.54) is 24.8 Å². The minimum absolute atomic E-state index is 0.455. The maximum absolute atomic E-state index is 11.8. The molecule has 1 aliphatic rings. The standard InChI is InChI=1S/C14H24O/c1-3-12(4-2)10-14(15)11-13-8-6-5-7-9-13/h8,12H,3-7,9-11H2,1-2H3. The number of hydrogen-bond acceptors (Lipinski definition) is 1. The molecule has 1 nitrogen and oxygen atoms in total. The quantitative estimate of drug-likeness (QED) is 0.596. The van der Waals surface area contributed by atoms with Gasteiger partial charge >= 0.3 is 0 Å². The number of carbonyl (C=O) groups excluding carboxylic acids is 1. The molecule has 0 bridgehead atoms. The lowest BCUT2D eigenvalue weighted by atomic mass is 9.91. The Morgan fingerprint density at radius 2 is 2.07 bits per heavy atom. The highest BCUT2D eigenvalue weighted by Gasteiger charge is 2.13. The van der Waals surface area contributed by atoms with Crippen LogP contribution in [0.1, 0.15) is 65.2 Å². The highest BCUT2D eigenvalue weighted by Crippen LogP contribution is 2.22. The van der Waals surface area contributed by atoms with Gasteiger partial charge in [-0.3, -0.25) is 4.79 Å². The maximum Gasteiger partial charge on any atom is 0.137 e. The second-order valence-electron chi connectivity index (χ2n) is 4.71. The van der Waals surface area contributed by atoms with Crippen LogP contribution in [0.15, 0.2) is 11.6 Å². The third-order valence-corrected chi connectivity index (χ3v) is 3.48. The van der Waals surface area contributed by atoms with Crippen molar-refractivity contribution in [2.45, 2.75) is 65.2 Å². The second-order valence-corrected chi connectivity index (χ2v) is 4.71. The zero-order chi connectivity index (χ0) is 11.1. The van der Waals surface area contributed by atoms with Gasteiger partial charge in [0.2, 0.25) is 0 Å². The Bertz CT molecular complexity index is 223. The molecule has 0 radical (unpaired) electrons. The van der Waals surface area contributed by atoms with Gasteiger partial charge in [-0.2, -0.15) is 0 Å². The van der Waals surface area contributed by atoms with E-state index in [-0.39, 0.29) is 0 Å². The summed E-state index contributed by atoms with van der Waals surface area (Å²) >= 11 is 0. The van der Waals surface area contributed by atoms with Gasteiger partial charge in [0, 0.05) is 12.8 Å². The molecule has 0 saturated carbocycles. The van der Waals surface area contributed by atoms with Crippen molar-refractivity contribution in [2.24, 2.45) is 5.92 Å². The monoisotopic (exact) mass is 208 g/mol. The second kappa shape index (κ2) is 6.81. The van der Waals surface area contributed by atoms with E-state index in [2.05, 4.69) is 19.9 Å². The van der Waals surface area contributed by atoms with Crippen molar-refractivity contribution in [1.29, 1.82) is 0 Å². The van der Waals surface area contributed by atoms with E-state index in [1.54, 1.807) is 0 Å². The topological polar surface area (TPSA) is 17.1 Å². The molecular formula is C14H24O. The molecule has 0 aromatic carbocycles. The molecule has 0 saturated heterocycles. The first-order valence-corrected chi connectivity index (χ1v) is 6.45. The van der Waals surface area contributed by atoms with E-state index in [4.69, 9.17) is 0 Å². The molecule has 0 aliphatic heterocycles. The van der Waals surface area contributed by atoms with Crippen LogP contribution in [0.25, 0.3) is 0 Å². The van der Waals surface area contributed by atoms with Crippen molar-refractivity contribution in [3.8, 4) is 0 Å². The summed E-state index contributed by atoms with van der Waals surface area (Å²) in [4.78, 5) is 11.8. The first kappa shape index (κ1) is 12.5. The smallest absolute Gasteiger partial charge is 0.137 e. The SMILES string of the molecule is CCC(CC)CC(=O)CC1=CCCCC1. The molecule has 0 atom stereocenters. The molecule has 1 aliphatic carbocycles. The largest absolute Gasteiger partial charge is 0.299 e. The van der Waals surface area contributed by atoms with Crippen LogP contribution in [-0.4, -0.2) is 5.78 Å². The Morgan fingerprint density at radius 3 is 2.60 bits per heavy atom. The average Bonchev–Trinajstić information content (AvgIpc) is 2.27. The lowest BCUT2D eigenvalue weighted by Gasteiger charge is -2.14. The maximum atomic E-state index is 11.8. The summed E-state index contributed by atoms with van der Waals surface area (Å²) in [5.74, 6) is 1.07. The Morgan fingerprint density at radius 1 is 1.33 bits per heavy atom. The summed E-state index contributed by atoms with van der Waals surface area (Å²) in [6, 6.07) is 0. The van der Waals surface area contributed by atoms with Crippen LogP contribution in [0, 0.1) is 5.92 Å². The Balaban J connectivity index is 2.31. The summed E-state index contributed by atoms with van der Waals surface area (Å²) in [5, 5.41) is 0. The normalized spacial score (nSPS) is 16.6. The number of Topliss-reactive ketones (excluding diaryl/α,β-unsaturated/α-hetero) is 1. The molecule has 0 heterocycles. The average molecular weight is 208 g/mol. The molecule has 0 amide bonds. The molecule has 0 spiro atoms. The molecule has 86 valence electrons. The summed E-state index contributed by atoms with van der Waals surface area (Å²) in [5.41, 5.74) is 1.40. The highest BCUT2D eigenvalue weighted by atomic mass is 16.1. The Labute approximate surface area is 93.9 Å². The Hall–Kier alpha value is -0.590. The molecule has 0 N–H and O–H groups in total. The number of allylic oxidation sites excluding steroid dienone is 2. The van der Waals surface area contributed by atoms with Crippen LogP contribution < -0.4 is 0 Å².